The first kappa shape index (κ1) is 13.8. The van der Waals surface area contributed by atoms with Gasteiger partial charge >= 0.3 is 6.18 Å². The molecule has 0 fully saturated rings. The average Bonchev–Trinajstić information content (AvgIpc) is 2.23. The summed E-state index contributed by atoms with van der Waals surface area (Å²) in [6.45, 7) is 2.41. The molecule has 17 heavy (non-hydrogen) atoms. The summed E-state index contributed by atoms with van der Waals surface area (Å²) in [5.74, 6) is 0. The molecule has 0 aromatic carbocycles. The van der Waals surface area contributed by atoms with Crippen molar-refractivity contribution in [2.45, 2.75) is 12.7 Å². The number of anilines is 1. The van der Waals surface area contributed by atoms with Crippen molar-refractivity contribution in [1.82, 2.24) is 9.78 Å². The van der Waals surface area contributed by atoms with Crippen molar-refractivity contribution in [3.63, 3.8) is 0 Å². The molecular weight excluding hydrogens is 303 g/mol. The number of rotatable bonds is 4. The molecule has 0 saturated heterocycles. The Morgan fingerprint density at radius 3 is 2.76 bits per heavy atom. The maximum atomic E-state index is 12.0. The van der Waals surface area contributed by atoms with E-state index in [2.05, 4.69) is 32.9 Å². The molecule has 8 heteroatoms. The molecule has 94 valence electrons. The zero-order valence-electron chi connectivity index (χ0n) is 8.59. The van der Waals surface area contributed by atoms with Crippen LogP contribution in [0.2, 0.25) is 0 Å². The van der Waals surface area contributed by atoms with E-state index in [0.29, 0.717) is 0 Å². The highest BCUT2D eigenvalue weighted by Crippen LogP contribution is 2.20. The highest BCUT2D eigenvalue weighted by atomic mass is 79.9. The number of nitrogens with one attached hydrogen (secondary N) is 1. The zero-order valence-corrected chi connectivity index (χ0v) is 10.2. The van der Waals surface area contributed by atoms with Crippen LogP contribution in [0.5, 0.6) is 0 Å². The second kappa shape index (κ2) is 5.35. The van der Waals surface area contributed by atoms with Crippen LogP contribution in [0.25, 0.3) is 0 Å². The topological polar surface area (TPSA) is 46.9 Å². The minimum Gasteiger partial charge on any atom is -0.374 e. The Labute approximate surface area is 103 Å². The van der Waals surface area contributed by atoms with Crippen LogP contribution in [-0.4, -0.2) is 22.5 Å². The highest BCUT2D eigenvalue weighted by Gasteiger charge is 2.27. The SMILES string of the molecule is C=CCn1ncc(NCC(F)(F)F)c(Br)c1=O. The normalized spacial score (nSPS) is 11.3. The number of hydrogen-bond donors (Lipinski definition) is 1. The van der Waals surface area contributed by atoms with Crippen molar-refractivity contribution in [2.75, 3.05) is 11.9 Å². The van der Waals surface area contributed by atoms with Crippen LogP contribution in [0.4, 0.5) is 18.9 Å². The van der Waals surface area contributed by atoms with Gasteiger partial charge in [0, 0.05) is 0 Å². The molecule has 0 saturated carbocycles. The van der Waals surface area contributed by atoms with Crippen LogP contribution in [0, 0.1) is 0 Å². The molecule has 0 unspecified atom stereocenters. The lowest BCUT2D eigenvalue weighted by molar-refractivity contribution is -0.115. The summed E-state index contributed by atoms with van der Waals surface area (Å²) in [6.07, 6.45) is -1.74. The van der Waals surface area contributed by atoms with E-state index in [4.69, 9.17) is 0 Å². The molecular formula is C9H9BrF3N3O. The third kappa shape index (κ3) is 3.88. The molecule has 0 spiro atoms. The van der Waals surface area contributed by atoms with E-state index in [9.17, 15) is 18.0 Å². The second-order valence-electron chi connectivity index (χ2n) is 3.12. The van der Waals surface area contributed by atoms with Crippen LogP contribution < -0.4 is 10.9 Å². The molecule has 1 aromatic rings. The molecule has 1 N–H and O–H groups in total. The van der Waals surface area contributed by atoms with Crippen molar-refractivity contribution in [1.29, 1.82) is 0 Å². The van der Waals surface area contributed by atoms with E-state index in [1.165, 1.54) is 6.08 Å². The molecule has 4 nitrogen and oxygen atoms in total. The van der Waals surface area contributed by atoms with Crippen LogP contribution >= 0.6 is 15.9 Å². The van der Waals surface area contributed by atoms with Gasteiger partial charge in [-0.15, -0.1) is 6.58 Å². The lowest BCUT2D eigenvalue weighted by atomic mass is 10.4. The smallest absolute Gasteiger partial charge is 0.374 e. The fraction of sp³-hybridized carbons (Fsp3) is 0.333. The van der Waals surface area contributed by atoms with Crippen LogP contribution in [-0.2, 0) is 6.54 Å². The number of halogens is 4. The van der Waals surface area contributed by atoms with Gasteiger partial charge < -0.3 is 5.32 Å². The first-order valence-electron chi connectivity index (χ1n) is 4.52. The van der Waals surface area contributed by atoms with E-state index in [1.807, 2.05) is 0 Å². The first-order valence-corrected chi connectivity index (χ1v) is 5.31. The predicted octanol–water partition coefficient (Wildman–Crippen LogP) is 2.17. The minimum absolute atomic E-state index is 0.00707. The van der Waals surface area contributed by atoms with Crippen LogP contribution in [0.15, 0.2) is 28.1 Å². The number of alkyl halides is 3. The van der Waals surface area contributed by atoms with E-state index in [0.717, 1.165) is 10.9 Å². The largest absolute Gasteiger partial charge is 0.405 e. The summed E-state index contributed by atoms with van der Waals surface area (Å²) < 4.78 is 37.0. The van der Waals surface area contributed by atoms with Gasteiger partial charge in [-0.1, -0.05) is 6.08 Å². The van der Waals surface area contributed by atoms with Gasteiger partial charge in [0.2, 0.25) is 0 Å². The van der Waals surface area contributed by atoms with Crippen LogP contribution in [0.1, 0.15) is 0 Å². The monoisotopic (exact) mass is 311 g/mol. The van der Waals surface area contributed by atoms with E-state index in [1.54, 1.807) is 0 Å². The van der Waals surface area contributed by atoms with Crippen molar-refractivity contribution < 1.29 is 13.2 Å². The molecule has 0 aliphatic heterocycles. The van der Waals surface area contributed by atoms with Gasteiger partial charge in [0.05, 0.1) is 18.4 Å². The standard InChI is InChI=1S/C9H9BrF3N3O/c1-2-3-16-8(17)7(10)6(4-15-16)14-5-9(11,12)13/h2,4,14H,1,3,5H2. The number of aromatic nitrogens is 2. The third-order valence-electron chi connectivity index (χ3n) is 1.77. The molecule has 0 aliphatic rings. The quantitative estimate of drug-likeness (QED) is 0.867. The van der Waals surface area contributed by atoms with Gasteiger partial charge in [0.1, 0.15) is 11.0 Å². The number of hydrogen-bond acceptors (Lipinski definition) is 3. The molecule has 0 atom stereocenters. The highest BCUT2D eigenvalue weighted by molar-refractivity contribution is 9.10. The summed E-state index contributed by atoms with van der Waals surface area (Å²) in [5, 5.41) is 5.79. The number of allylic oxidation sites excluding steroid dienone is 1. The molecule has 1 rings (SSSR count). The molecule has 0 radical (unpaired) electrons. The van der Waals surface area contributed by atoms with Gasteiger partial charge in [0.15, 0.2) is 0 Å². The maximum Gasteiger partial charge on any atom is 0.405 e. The second-order valence-corrected chi connectivity index (χ2v) is 3.91. The Hall–Kier alpha value is -1.31. The Kier molecular flexibility index (Phi) is 4.33. The van der Waals surface area contributed by atoms with Gasteiger partial charge in [-0.25, -0.2) is 4.68 Å². The summed E-state index contributed by atoms with van der Waals surface area (Å²) in [5.41, 5.74) is -0.510. The number of nitrogens with zero attached hydrogens (tertiary/aromatic N) is 2. The predicted molar refractivity (Wildman–Crippen MR) is 60.9 cm³/mol. The first-order chi connectivity index (χ1) is 7.85. The Morgan fingerprint density at radius 1 is 1.59 bits per heavy atom. The Morgan fingerprint density at radius 2 is 2.24 bits per heavy atom. The lowest BCUT2D eigenvalue weighted by Crippen LogP contribution is -2.26. The Bertz CT molecular complexity index is 470. The third-order valence-corrected chi connectivity index (χ3v) is 2.53. The molecule has 0 bridgehead atoms. The Balaban J connectivity index is 2.93. The summed E-state index contributed by atoms with van der Waals surface area (Å²) in [4.78, 5) is 11.6. The van der Waals surface area contributed by atoms with Crippen molar-refractivity contribution in [3.05, 3.63) is 33.7 Å². The lowest BCUT2D eigenvalue weighted by Gasteiger charge is -2.11. The molecule has 1 aromatic heterocycles. The fourth-order valence-electron chi connectivity index (χ4n) is 1.04. The fourth-order valence-corrected chi connectivity index (χ4v) is 1.48. The summed E-state index contributed by atoms with van der Waals surface area (Å²) >= 11 is 2.93. The van der Waals surface area contributed by atoms with Crippen LogP contribution in [0.3, 0.4) is 0 Å². The van der Waals surface area contributed by atoms with Gasteiger partial charge in [-0.3, -0.25) is 4.79 Å². The van der Waals surface area contributed by atoms with E-state index < -0.39 is 18.3 Å². The maximum absolute atomic E-state index is 12.0. The van der Waals surface area contributed by atoms with Crippen molar-refractivity contribution in [2.24, 2.45) is 0 Å². The molecule has 1 heterocycles. The van der Waals surface area contributed by atoms with Crippen molar-refractivity contribution >= 4 is 21.6 Å². The summed E-state index contributed by atoms with van der Waals surface area (Å²) in [7, 11) is 0. The zero-order chi connectivity index (χ0) is 13.1. The summed E-state index contributed by atoms with van der Waals surface area (Å²) in [6, 6.07) is 0. The van der Waals surface area contributed by atoms with E-state index in [-0.39, 0.29) is 16.7 Å². The average molecular weight is 312 g/mol. The van der Waals surface area contributed by atoms with Crippen molar-refractivity contribution in [3.8, 4) is 0 Å². The molecule has 0 aliphatic carbocycles. The minimum atomic E-state index is -4.35. The van der Waals surface area contributed by atoms with Gasteiger partial charge in [-0.2, -0.15) is 18.3 Å². The molecule has 0 amide bonds. The van der Waals surface area contributed by atoms with Gasteiger partial charge in [0.25, 0.3) is 5.56 Å². The van der Waals surface area contributed by atoms with Gasteiger partial charge in [-0.05, 0) is 15.9 Å². The van der Waals surface area contributed by atoms with E-state index >= 15 is 0 Å².